The Morgan fingerprint density at radius 1 is 1.60 bits per heavy atom. The molecule has 1 amide bonds. The van der Waals surface area contributed by atoms with Gasteiger partial charge < -0.3 is 16.2 Å². The summed E-state index contributed by atoms with van der Waals surface area (Å²) >= 11 is 0. The summed E-state index contributed by atoms with van der Waals surface area (Å²) in [5, 5.41) is 12.6. The molecule has 1 fully saturated rings. The van der Waals surface area contributed by atoms with Gasteiger partial charge in [0.2, 0.25) is 5.91 Å². The summed E-state index contributed by atoms with van der Waals surface area (Å²) in [5.41, 5.74) is 4.79. The van der Waals surface area contributed by atoms with Gasteiger partial charge in [0.05, 0.1) is 11.6 Å². The van der Waals surface area contributed by atoms with Crippen molar-refractivity contribution in [3.63, 3.8) is 0 Å². The summed E-state index contributed by atoms with van der Waals surface area (Å²) < 4.78 is 0. The molecule has 4 heteroatoms. The third-order valence-electron chi connectivity index (χ3n) is 2.80. The average molecular weight is 210 g/mol. The van der Waals surface area contributed by atoms with Crippen LogP contribution in [0.3, 0.4) is 0 Å². The van der Waals surface area contributed by atoms with Gasteiger partial charge in [-0.05, 0) is 12.8 Å². The molecule has 84 valence electrons. The molecule has 4 nitrogen and oxygen atoms in total. The van der Waals surface area contributed by atoms with Gasteiger partial charge in [0.25, 0.3) is 0 Å². The molecular formula is C11H18N2O2. The van der Waals surface area contributed by atoms with Crippen LogP contribution in [-0.2, 0) is 4.79 Å². The van der Waals surface area contributed by atoms with Crippen LogP contribution >= 0.6 is 0 Å². The number of nitrogens with two attached hydrogens (primary N) is 1. The summed E-state index contributed by atoms with van der Waals surface area (Å²) in [6.45, 7) is 0.282. The molecule has 1 unspecified atom stereocenters. The fourth-order valence-electron chi connectivity index (χ4n) is 1.81. The van der Waals surface area contributed by atoms with E-state index in [-0.39, 0.29) is 18.9 Å². The molecule has 1 aliphatic rings. The van der Waals surface area contributed by atoms with Gasteiger partial charge in [-0.3, -0.25) is 4.79 Å². The molecule has 15 heavy (non-hydrogen) atoms. The number of amides is 1. The lowest BCUT2D eigenvalue weighted by Crippen LogP contribution is -2.47. The number of hydrogen-bond donors (Lipinski definition) is 3. The highest BCUT2D eigenvalue weighted by molar-refractivity contribution is 5.81. The molecule has 0 aromatic carbocycles. The largest absolute Gasteiger partial charge is 0.388 e. The Bertz CT molecular complexity index is 264. The molecule has 0 radical (unpaired) electrons. The minimum atomic E-state index is -0.731. The smallest absolute Gasteiger partial charge is 0.238 e. The quantitative estimate of drug-likeness (QED) is 0.560. The zero-order chi connectivity index (χ0) is 11.3. The van der Waals surface area contributed by atoms with Crippen molar-refractivity contribution >= 4 is 5.91 Å². The Morgan fingerprint density at radius 3 is 2.73 bits per heavy atom. The van der Waals surface area contributed by atoms with E-state index in [1.54, 1.807) is 0 Å². The molecule has 0 spiro atoms. The number of hydrogen-bond acceptors (Lipinski definition) is 3. The van der Waals surface area contributed by atoms with E-state index in [0.29, 0.717) is 0 Å². The first-order chi connectivity index (χ1) is 7.07. The number of aliphatic hydroxyl groups is 1. The van der Waals surface area contributed by atoms with E-state index in [1.807, 2.05) is 0 Å². The Balaban J connectivity index is 2.30. The second-order valence-corrected chi connectivity index (χ2v) is 4.16. The maximum atomic E-state index is 11.4. The summed E-state index contributed by atoms with van der Waals surface area (Å²) in [4.78, 5) is 11.4. The molecule has 0 aromatic rings. The van der Waals surface area contributed by atoms with Crippen LogP contribution in [0, 0.1) is 12.3 Å². The van der Waals surface area contributed by atoms with E-state index in [1.165, 1.54) is 0 Å². The van der Waals surface area contributed by atoms with Crippen LogP contribution in [0.1, 0.15) is 32.1 Å². The average Bonchev–Trinajstić information content (AvgIpc) is 2.63. The molecule has 1 saturated carbocycles. The first-order valence-electron chi connectivity index (χ1n) is 5.26. The lowest BCUT2D eigenvalue weighted by Gasteiger charge is -2.23. The first-order valence-corrected chi connectivity index (χ1v) is 5.26. The zero-order valence-electron chi connectivity index (χ0n) is 8.83. The van der Waals surface area contributed by atoms with E-state index in [4.69, 9.17) is 12.2 Å². The van der Waals surface area contributed by atoms with Gasteiger partial charge in [0, 0.05) is 13.0 Å². The molecule has 1 aliphatic carbocycles. The second kappa shape index (κ2) is 5.15. The third kappa shape index (κ3) is 3.54. The van der Waals surface area contributed by atoms with Crippen molar-refractivity contribution in [1.82, 2.24) is 5.32 Å². The van der Waals surface area contributed by atoms with E-state index in [9.17, 15) is 9.90 Å². The fourth-order valence-corrected chi connectivity index (χ4v) is 1.81. The van der Waals surface area contributed by atoms with Crippen LogP contribution in [0.4, 0.5) is 0 Å². The van der Waals surface area contributed by atoms with E-state index >= 15 is 0 Å². The summed E-state index contributed by atoms with van der Waals surface area (Å²) in [6, 6.07) is -0.667. The Morgan fingerprint density at radius 2 is 2.20 bits per heavy atom. The van der Waals surface area contributed by atoms with Gasteiger partial charge in [0.15, 0.2) is 0 Å². The highest BCUT2D eigenvalue weighted by Crippen LogP contribution is 2.28. The van der Waals surface area contributed by atoms with Crippen LogP contribution in [0.25, 0.3) is 0 Å². The van der Waals surface area contributed by atoms with Gasteiger partial charge in [-0.2, -0.15) is 0 Å². The maximum Gasteiger partial charge on any atom is 0.238 e. The molecular weight excluding hydrogens is 192 g/mol. The van der Waals surface area contributed by atoms with Crippen molar-refractivity contribution < 1.29 is 9.90 Å². The van der Waals surface area contributed by atoms with Crippen LogP contribution in [-0.4, -0.2) is 29.2 Å². The van der Waals surface area contributed by atoms with Crippen LogP contribution < -0.4 is 11.1 Å². The van der Waals surface area contributed by atoms with Crippen molar-refractivity contribution in [1.29, 1.82) is 0 Å². The monoisotopic (exact) mass is 210 g/mol. The van der Waals surface area contributed by atoms with Gasteiger partial charge in [0.1, 0.15) is 0 Å². The standard InChI is InChI=1S/C11H18N2O2/c1-2-5-9(12)10(14)13-8-11(15)6-3-4-7-11/h1,9,15H,3-8,12H2,(H,13,14). The topological polar surface area (TPSA) is 75.4 Å². The zero-order valence-corrected chi connectivity index (χ0v) is 8.83. The van der Waals surface area contributed by atoms with Gasteiger partial charge >= 0.3 is 0 Å². The molecule has 1 atom stereocenters. The normalized spacial score (nSPS) is 20.6. The van der Waals surface area contributed by atoms with Crippen LogP contribution in [0.15, 0.2) is 0 Å². The van der Waals surface area contributed by atoms with Gasteiger partial charge in [-0.15, -0.1) is 12.3 Å². The van der Waals surface area contributed by atoms with Crippen molar-refractivity contribution in [2.45, 2.75) is 43.7 Å². The maximum absolute atomic E-state index is 11.4. The first kappa shape index (κ1) is 12.0. The van der Waals surface area contributed by atoms with Crippen molar-refractivity contribution in [3.8, 4) is 12.3 Å². The lowest BCUT2D eigenvalue weighted by molar-refractivity contribution is -0.123. The minimum absolute atomic E-state index is 0.226. The highest BCUT2D eigenvalue weighted by atomic mass is 16.3. The predicted molar refractivity (Wildman–Crippen MR) is 57.9 cm³/mol. The van der Waals surface area contributed by atoms with E-state index < -0.39 is 11.6 Å². The highest BCUT2D eigenvalue weighted by Gasteiger charge is 2.31. The molecule has 0 saturated heterocycles. The fraction of sp³-hybridized carbons (Fsp3) is 0.727. The lowest BCUT2D eigenvalue weighted by atomic mass is 10.0. The number of rotatable bonds is 4. The van der Waals surface area contributed by atoms with Gasteiger partial charge in [-0.25, -0.2) is 0 Å². The number of carbonyl (C=O) groups excluding carboxylic acids is 1. The molecule has 0 aromatic heterocycles. The molecule has 0 heterocycles. The molecule has 0 bridgehead atoms. The SMILES string of the molecule is C#CCC(N)C(=O)NCC1(O)CCCC1. The molecule has 4 N–H and O–H groups in total. The number of nitrogens with one attached hydrogen (secondary N) is 1. The Hall–Kier alpha value is -1.05. The Labute approximate surface area is 90.2 Å². The third-order valence-corrected chi connectivity index (χ3v) is 2.80. The Kier molecular flexibility index (Phi) is 4.13. The van der Waals surface area contributed by atoms with Crippen molar-refractivity contribution in [3.05, 3.63) is 0 Å². The summed E-state index contributed by atoms with van der Waals surface area (Å²) in [6.07, 6.45) is 8.81. The van der Waals surface area contributed by atoms with Crippen LogP contribution in [0.2, 0.25) is 0 Å². The number of carbonyl (C=O) groups is 1. The molecule has 1 rings (SSSR count). The second-order valence-electron chi connectivity index (χ2n) is 4.16. The van der Waals surface area contributed by atoms with Gasteiger partial charge in [-0.1, -0.05) is 12.8 Å². The number of terminal acetylenes is 1. The summed E-state index contributed by atoms with van der Waals surface area (Å²) in [5.74, 6) is 2.05. The van der Waals surface area contributed by atoms with Crippen molar-refractivity contribution in [2.75, 3.05) is 6.54 Å². The van der Waals surface area contributed by atoms with E-state index in [0.717, 1.165) is 25.7 Å². The summed E-state index contributed by atoms with van der Waals surface area (Å²) in [7, 11) is 0. The van der Waals surface area contributed by atoms with Crippen molar-refractivity contribution in [2.24, 2.45) is 5.73 Å². The molecule has 0 aliphatic heterocycles. The predicted octanol–water partition coefficient (Wildman–Crippen LogP) is -0.242. The minimum Gasteiger partial charge on any atom is -0.388 e. The van der Waals surface area contributed by atoms with Crippen LogP contribution in [0.5, 0.6) is 0 Å². The van der Waals surface area contributed by atoms with E-state index in [2.05, 4.69) is 11.2 Å².